The molecule has 28 heavy (non-hydrogen) atoms. The zero-order chi connectivity index (χ0) is 19.5. The van der Waals surface area contributed by atoms with E-state index in [1.165, 1.54) is 11.1 Å². The third kappa shape index (κ3) is 3.58. The van der Waals surface area contributed by atoms with E-state index in [2.05, 4.69) is 71.2 Å². The zero-order valence-electron chi connectivity index (χ0n) is 16.5. The van der Waals surface area contributed by atoms with Crippen molar-refractivity contribution in [2.75, 3.05) is 12.4 Å². The second-order valence-corrected chi connectivity index (χ2v) is 7.24. The lowest BCUT2D eigenvalue weighted by Crippen LogP contribution is -2.00. The van der Waals surface area contributed by atoms with Crippen LogP contribution in [0, 0.1) is 0 Å². The molecule has 1 heterocycles. The van der Waals surface area contributed by atoms with Gasteiger partial charge in [-0.05, 0) is 47.4 Å². The normalized spacial score (nSPS) is 11.1. The van der Waals surface area contributed by atoms with Crippen molar-refractivity contribution < 1.29 is 4.74 Å². The van der Waals surface area contributed by atoms with E-state index in [1.54, 1.807) is 7.11 Å². The highest BCUT2D eigenvalue weighted by Crippen LogP contribution is 2.27. The molecular weight excluding hydrogens is 346 g/mol. The van der Waals surface area contributed by atoms with Crippen LogP contribution in [-0.2, 0) is 6.54 Å². The van der Waals surface area contributed by atoms with Crippen LogP contribution in [0.15, 0.2) is 73.1 Å². The molecule has 1 aromatic heterocycles. The van der Waals surface area contributed by atoms with Gasteiger partial charge in [-0.3, -0.25) is 4.57 Å². The first-order chi connectivity index (χ1) is 13.7. The maximum absolute atomic E-state index is 5.49. The van der Waals surface area contributed by atoms with E-state index in [4.69, 9.17) is 4.74 Å². The van der Waals surface area contributed by atoms with Gasteiger partial charge in [-0.25, -0.2) is 4.98 Å². The van der Waals surface area contributed by atoms with Gasteiger partial charge >= 0.3 is 0 Å². The minimum Gasteiger partial charge on any atom is -0.495 e. The summed E-state index contributed by atoms with van der Waals surface area (Å²) in [5, 5.41) is 3.50. The van der Waals surface area contributed by atoms with Gasteiger partial charge in [-0.15, -0.1) is 0 Å². The summed E-state index contributed by atoms with van der Waals surface area (Å²) in [6, 6.07) is 23.0. The zero-order valence-corrected chi connectivity index (χ0v) is 16.5. The second-order valence-electron chi connectivity index (χ2n) is 7.24. The van der Waals surface area contributed by atoms with E-state index in [-0.39, 0.29) is 0 Å². The molecule has 3 aromatic carbocycles. The molecule has 0 saturated carbocycles. The van der Waals surface area contributed by atoms with Crippen LogP contribution in [0.3, 0.4) is 0 Å². The summed E-state index contributed by atoms with van der Waals surface area (Å²) in [5.41, 5.74) is 6.68. The van der Waals surface area contributed by atoms with Crippen molar-refractivity contribution in [3.05, 3.63) is 84.2 Å². The predicted octanol–water partition coefficient (Wildman–Crippen LogP) is 5.77. The van der Waals surface area contributed by atoms with Crippen LogP contribution < -0.4 is 10.1 Å². The van der Waals surface area contributed by atoms with Crippen LogP contribution >= 0.6 is 0 Å². The third-order valence-electron chi connectivity index (χ3n) is 5.03. The Labute approximate surface area is 165 Å². The van der Waals surface area contributed by atoms with Crippen LogP contribution in [-0.4, -0.2) is 16.7 Å². The number of methoxy groups -OCH3 is 1. The number of rotatable bonds is 6. The lowest BCUT2D eigenvalue weighted by molar-refractivity contribution is 0.413. The average Bonchev–Trinajstić information content (AvgIpc) is 3.15. The van der Waals surface area contributed by atoms with Crippen molar-refractivity contribution in [1.82, 2.24) is 9.55 Å². The molecule has 0 radical (unpaired) electrons. The highest BCUT2D eigenvalue weighted by molar-refractivity contribution is 5.81. The van der Waals surface area contributed by atoms with E-state index in [1.807, 2.05) is 30.6 Å². The topological polar surface area (TPSA) is 39.1 Å². The van der Waals surface area contributed by atoms with Gasteiger partial charge < -0.3 is 10.1 Å². The Bertz CT molecular complexity index is 1080. The summed E-state index contributed by atoms with van der Waals surface area (Å²) in [6.45, 7) is 5.22. The number of nitrogens with one attached hydrogen (secondary N) is 1. The van der Waals surface area contributed by atoms with Gasteiger partial charge in [0.25, 0.3) is 0 Å². The number of hydrogen-bond acceptors (Lipinski definition) is 3. The predicted molar refractivity (Wildman–Crippen MR) is 115 cm³/mol. The van der Waals surface area contributed by atoms with Crippen molar-refractivity contribution >= 4 is 16.7 Å². The summed E-state index contributed by atoms with van der Waals surface area (Å²) < 4.78 is 7.55. The fourth-order valence-electron chi connectivity index (χ4n) is 3.37. The maximum Gasteiger partial charge on any atom is 0.142 e. The standard InChI is InChI=1S/C24H25N3O/c1-17(2)19-10-8-18(9-11-19)15-25-20-12-13-22-21(14-20)26-16-27(22)23-6-4-5-7-24(23)28-3/h4-14,16-17,25H,15H2,1-3H3. The van der Waals surface area contributed by atoms with Crippen LogP contribution in [0.4, 0.5) is 5.69 Å². The van der Waals surface area contributed by atoms with Crippen molar-refractivity contribution in [1.29, 1.82) is 0 Å². The molecule has 0 unspecified atom stereocenters. The molecule has 0 saturated heterocycles. The number of nitrogens with zero attached hydrogens (tertiary/aromatic N) is 2. The monoisotopic (exact) mass is 371 g/mol. The molecule has 0 aliphatic carbocycles. The number of imidazole rings is 1. The fraction of sp³-hybridized carbons (Fsp3) is 0.208. The molecule has 4 aromatic rings. The lowest BCUT2D eigenvalue weighted by Gasteiger charge is -2.11. The van der Waals surface area contributed by atoms with Crippen LogP contribution in [0.25, 0.3) is 16.7 Å². The SMILES string of the molecule is COc1ccccc1-n1cnc2cc(NCc3ccc(C(C)C)cc3)ccc21. The fourth-order valence-corrected chi connectivity index (χ4v) is 3.37. The van der Waals surface area contributed by atoms with Crippen LogP contribution in [0.1, 0.15) is 30.9 Å². The quantitative estimate of drug-likeness (QED) is 0.468. The summed E-state index contributed by atoms with van der Waals surface area (Å²) in [5.74, 6) is 1.39. The molecule has 1 N–H and O–H groups in total. The van der Waals surface area contributed by atoms with Gasteiger partial charge in [0.05, 0.1) is 23.8 Å². The maximum atomic E-state index is 5.49. The largest absolute Gasteiger partial charge is 0.495 e. The highest BCUT2D eigenvalue weighted by atomic mass is 16.5. The Morgan fingerprint density at radius 2 is 1.79 bits per heavy atom. The van der Waals surface area contributed by atoms with Gasteiger partial charge in [0.1, 0.15) is 12.1 Å². The van der Waals surface area contributed by atoms with Crippen molar-refractivity contribution in [2.45, 2.75) is 26.3 Å². The van der Waals surface area contributed by atoms with Crippen molar-refractivity contribution in [3.8, 4) is 11.4 Å². The molecule has 4 rings (SSSR count). The van der Waals surface area contributed by atoms with Gasteiger partial charge in [0, 0.05) is 12.2 Å². The van der Waals surface area contributed by atoms with Crippen LogP contribution in [0.5, 0.6) is 5.75 Å². The Morgan fingerprint density at radius 1 is 1.00 bits per heavy atom. The molecule has 0 bridgehead atoms. The molecule has 4 heteroatoms. The number of fused-ring (bicyclic) bond motifs is 1. The first-order valence-corrected chi connectivity index (χ1v) is 9.59. The summed E-state index contributed by atoms with van der Waals surface area (Å²) >= 11 is 0. The van der Waals surface area contributed by atoms with Gasteiger partial charge in [0.15, 0.2) is 0 Å². The molecule has 0 atom stereocenters. The van der Waals surface area contributed by atoms with Gasteiger partial charge in [-0.2, -0.15) is 0 Å². The lowest BCUT2D eigenvalue weighted by atomic mass is 10.0. The van der Waals surface area contributed by atoms with Crippen molar-refractivity contribution in [3.63, 3.8) is 0 Å². The Kier molecular flexibility index (Phi) is 5.02. The molecule has 0 fully saturated rings. The number of hydrogen-bond donors (Lipinski definition) is 1. The van der Waals surface area contributed by atoms with E-state index in [0.717, 1.165) is 34.7 Å². The summed E-state index contributed by atoms with van der Waals surface area (Å²) in [7, 11) is 1.69. The van der Waals surface area contributed by atoms with Gasteiger partial charge in [0.2, 0.25) is 0 Å². The molecule has 142 valence electrons. The summed E-state index contributed by atoms with van der Waals surface area (Å²) in [4.78, 5) is 4.58. The number of ether oxygens (including phenoxy) is 1. The smallest absolute Gasteiger partial charge is 0.142 e. The Morgan fingerprint density at radius 3 is 2.54 bits per heavy atom. The highest BCUT2D eigenvalue weighted by Gasteiger charge is 2.09. The number of anilines is 1. The number of benzene rings is 3. The summed E-state index contributed by atoms with van der Waals surface area (Å²) in [6.07, 6.45) is 1.84. The number of para-hydroxylation sites is 2. The molecule has 4 nitrogen and oxygen atoms in total. The molecule has 0 aliphatic rings. The van der Waals surface area contributed by atoms with E-state index < -0.39 is 0 Å². The minimum absolute atomic E-state index is 0.558. The third-order valence-corrected chi connectivity index (χ3v) is 5.03. The molecule has 0 spiro atoms. The van der Waals surface area contributed by atoms with Gasteiger partial charge in [-0.1, -0.05) is 50.2 Å². The van der Waals surface area contributed by atoms with E-state index >= 15 is 0 Å². The second kappa shape index (κ2) is 7.77. The molecule has 0 aliphatic heterocycles. The minimum atomic E-state index is 0.558. The van der Waals surface area contributed by atoms with E-state index in [9.17, 15) is 0 Å². The molecular formula is C24H25N3O. The Balaban J connectivity index is 1.54. The first-order valence-electron chi connectivity index (χ1n) is 9.59. The van der Waals surface area contributed by atoms with Crippen molar-refractivity contribution in [2.24, 2.45) is 0 Å². The average molecular weight is 371 g/mol. The number of aromatic nitrogens is 2. The molecule has 0 amide bonds. The van der Waals surface area contributed by atoms with Crippen LogP contribution in [0.2, 0.25) is 0 Å². The first kappa shape index (κ1) is 18.1. The Hall–Kier alpha value is -3.27. The van der Waals surface area contributed by atoms with E-state index in [0.29, 0.717) is 5.92 Å².